The SMILES string of the molecule is CCCNCC(C)(CC)CN(C)c1ccc(OC)cc1. The molecule has 0 amide bonds. The van der Waals surface area contributed by atoms with E-state index < -0.39 is 0 Å². The number of nitrogens with zero attached hydrogens (tertiary/aromatic N) is 1. The van der Waals surface area contributed by atoms with Gasteiger partial charge in [-0.2, -0.15) is 0 Å². The van der Waals surface area contributed by atoms with Gasteiger partial charge in [-0.3, -0.25) is 0 Å². The summed E-state index contributed by atoms with van der Waals surface area (Å²) < 4.78 is 5.21. The van der Waals surface area contributed by atoms with Gasteiger partial charge < -0.3 is 15.0 Å². The van der Waals surface area contributed by atoms with E-state index in [4.69, 9.17) is 4.74 Å². The number of rotatable bonds is 9. The van der Waals surface area contributed by atoms with Crippen molar-refractivity contribution >= 4 is 5.69 Å². The van der Waals surface area contributed by atoms with Crippen LogP contribution in [0.2, 0.25) is 0 Å². The lowest BCUT2D eigenvalue weighted by Crippen LogP contribution is -2.41. The van der Waals surface area contributed by atoms with E-state index in [9.17, 15) is 0 Å². The van der Waals surface area contributed by atoms with Crippen LogP contribution in [0.25, 0.3) is 0 Å². The zero-order valence-electron chi connectivity index (χ0n) is 13.7. The number of ether oxygens (including phenoxy) is 1. The Bertz CT molecular complexity index is 377. The predicted octanol–water partition coefficient (Wildman–Crippen LogP) is 3.55. The van der Waals surface area contributed by atoms with Crippen LogP contribution >= 0.6 is 0 Å². The molecule has 0 fully saturated rings. The number of benzene rings is 1. The third-order valence-corrected chi connectivity index (χ3v) is 3.96. The molecule has 1 N–H and O–H groups in total. The van der Waals surface area contributed by atoms with Crippen LogP contribution in [-0.4, -0.2) is 33.8 Å². The molecular weight excluding hydrogens is 248 g/mol. The lowest BCUT2D eigenvalue weighted by atomic mass is 9.86. The summed E-state index contributed by atoms with van der Waals surface area (Å²) in [6, 6.07) is 8.28. The summed E-state index contributed by atoms with van der Waals surface area (Å²) in [6.45, 7) is 10.1. The molecular formula is C17H30N2O. The molecule has 0 aliphatic rings. The maximum Gasteiger partial charge on any atom is 0.119 e. The van der Waals surface area contributed by atoms with Gasteiger partial charge in [0.15, 0.2) is 0 Å². The maximum absolute atomic E-state index is 5.21. The summed E-state index contributed by atoms with van der Waals surface area (Å²) in [6.07, 6.45) is 2.36. The average molecular weight is 278 g/mol. The van der Waals surface area contributed by atoms with E-state index in [2.05, 4.69) is 50.2 Å². The minimum absolute atomic E-state index is 0.295. The van der Waals surface area contributed by atoms with Crippen LogP contribution in [0.5, 0.6) is 5.75 Å². The Kier molecular flexibility index (Phi) is 6.86. The Morgan fingerprint density at radius 3 is 2.35 bits per heavy atom. The topological polar surface area (TPSA) is 24.5 Å². The number of hydrogen-bond donors (Lipinski definition) is 1. The van der Waals surface area contributed by atoms with E-state index in [1.165, 1.54) is 18.5 Å². The molecule has 1 rings (SSSR count). The molecule has 0 heterocycles. The summed E-state index contributed by atoms with van der Waals surface area (Å²) in [5.41, 5.74) is 1.53. The van der Waals surface area contributed by atoms with Crippen LogP contribution in [0, 0.1) is 5.41 Å². The fourth-order valence-electron chi connectivity index (χ4n) is 2.36. The Morgan fingerprint density at radius 1 is 1.20 bits per heavy atom. The molecule has 114 valence electrons. The van der Waals surface area contributed by atoms with E-state index in [0.29, 0.717) is 5.41 Å². The van der Waals surface area contributed by atoms with E-state index in [1.54, 1.807) is 7.11 Å². The Hall–Kier alpha value is -1.22. The molecule has 0 bridgehead atoms. The number of nitrogens with one attached hydrogen (secondary N) is 1. The van der Waals surface area contributed by atoms with Gasteiger partial charge in [-0.15, -0.1) is 0 Å². The van der Waals surface area contributed by atoms with Crippen LogP contribution in [0.15, 0.2) is 24.3 Å². The standard InChI is InChI=1S/C17H30N2O/c1-6-12-18-13-17(3,7-2)14-19(4)15-8-10-16(20-5)11-9-15/h8-11,18H,6-7,12-14H2,1-5H3. The van der Waals surface area contributed by atoms with Gasteiger partial charge in [0.05, 0.1) is 7.11 Å². The second kappa shape index (κ2) is 8.15. The van der Waals surface area contributed by atoms with E-state index in [1.807, 2.05) is 12.1 Å². The zero-order valence-corrected chi connectivity index (χ0v) is 13.7. The summed E-state index contributed by atoms with van der Waals surface area (Å²) in [5.74, 6) is 0.907. The van der Waals surface area contributed by atoms with Crippen molar-refractivity contribution in [1.82, 2.24) is 5.32 Å². The first-order chi connectivity index (χ1) is 9.54. The van der Waals surface area contributed by atoms with Gasteiger partial charge in [0, 0.05) is 25.8 Å². The highest BCUT2D eigenvalue weighted by Crippen LogP contribution is 2.25. The lowest BCUT2D eigenvalue weighted by molar-refractivity contribution is 0.299. The molecule has 1 atom stereocenters. The highest BCUT2D eigenvalue weighted by Gasteiger charge is 2.23. The number of methoxy groups -OCH3 is 1. The maximum atomic E-state index is 5.21. The largest absolute Gasteiger partial charge is 0.497 e. The van der Waals surface area contributed by atoms with E-state index in [0.717, 1.165) is 25.4 Å². The van der Waals surface area contributed by atoms with Crippen LogP contribution in [0.1, 0.15) is 33.6 Å². The minimum Gasteiger partial charge on any atom is -0.497 e. The smallest absolute Gasteiger partial charge is 0.119 e. The number of hydrogen-bond acceptors (Lipinski definition) is 3. The fraction of sp³-hybridized carbons (Fsp3) is 0.647. The summed E-state index contributed by atoms with van der Waals surface area (Å²) in [7, 11) is 3.86. The van der Waals surface area contributed by atoms with Gasteiger partial charge >= 0.3 is 0 Å². The molecule has 0 saturated heterocycles. The molecule has 0 aliphatic carbocycles. The molecule has 0 spiro atoms. The van der Waals surface area contributed by atoms with Gasteiger partial charge in [-0.1, -0.05) is 20.8 Å². The fourth-order valence-corrected chi connectivity index (χ4v) is 2.36. The lowest BCUT2D eigenvalue weighted by Gasteiger charge is -2.34. The molecule has 1 aromatic rings. The molecule has 0 saturated carbocycles. The van der Waals surface area contributed by atoms with Crippen molar-refractivity contribution in [2.45, 2.75) is 33.6 Å². The van der Waals surface area contributed by atoms with Gasteiger partial charge in [-0.05, 0) is 49.1 Å². The van der Waals surface area contributed by atoms with E-state index in [-0.39, 0.29) is 0 Å². The average Bonchev–Trinajstić information content (AvgIpc) is 2.47. The highest BCUT2D eigenvalue weighted by molar-refractivity contribution is 5.48. The second-order valence-electron chi connectivity index (χ2n) is 5.90. The normalized spacial score (nSPS) is 13.8. The van der Waals surface area contributed by atoms with Crippen LogP contribution in [-0.2, 0) is 0 Å². The van der Waals surface area contributed by atoms with Crippen molar-refractivity contribution in [2.75, 3.05) is 38.7 Å². The Labute approximate surface area is 124 Å². The van der Waals surface area contributed by atoms with Gasteiger partial charge in [0.2, 0.25) is 0 Å². The van der Waals surface area contributed by atoms with Crippen LogP contribution < -0.4 is 15.0 Å². The first-order valence-electron chi connectivity index (χ1n) is 7.60. The van der Waals surface area contributed by atoms with Crippen LogP contribution in [0.4, 0.5) is 5.69 Å². The molecule has 3 heteroatoms. The monoisotopic (exact) mass is 278 g/mol. The summed E-state index contributed by atoms with van der Waals surface area (Å²) >= 11 is 0. The Morgan fingerprint density at radius 2 is 1.85 bits per heavy atom. The third-order valence-electron chi connectivity index (χ3n) is 3.96. The quantitative estimate of drug-likeness (QED) is 0.699. The molecule has 3 nitrogen and oxygen atoms in total. The predicted molar refractivity (Wildman–Crippen MR) is 87.8 cm³/mol. The minimum atomic E-state index is 0.295. The summed E-state index contributed by atoms with van der Waals surface area (Å²) in [4.78, 5) is 2.33. The van der Waals surface area contributed by atoms with Crippen molar-refractivity contribution in [3.8, 4) is 5.75 Å². The van der Waals surface area contributed by atoms with Crippen molar-refractivity contribution in [2.24, 2.45) is 5.41 Å². The molecule has 1 unspecified atom stereocenters. The highest BCUT2D eigenvalue weighted by atomic mass is 16.5. The van der Waals surface area contributed by atoms with Gasteiger partial charge in [0.25, 0.3) is 0 Å². The summed E-state index contributed by atoms with van der Waals surface area (Å²) in [5, 5.41) is 3.55. The van der Waals surface area contributed by atoms with Crippen molar-refractivity contribution < 1.29 is 4.74 Å². The molecule has 0 radical (unpaired) electrons. The van der Waals surface area contributed by atoms with Gasteiger partial charge in [-0.25, -0.2) is 0 Å². The van der Waals surface area contributed by atoms with Gasteiger partial charge in [0.1, 0.15) is 5.75 Å². The number of anilines is 1. The molecule has 0 aromatic heterocycles. The Balaban J connectivity index is 2.62. The third kappa shape index (κ3) is 5.04. The molecule has 1 aromatic carbocycles. The first kappa shape index (κ1) is 16.8. The van der Waals surface area contributed by atoms with Crippen LogP contribution in [0.3, 0.4) is 0 Å². The molecule has 0 aliphatic heterocycles. The van der Waals surface area contributed by atoms with E-state index >= 15 is 0 Å². The first-order valence-corrected chi connectivity index (χ1v) is 7.60. The zero-order chi connectivity index (χ0) is 15.0. The van der Waals surface area contributed by atoms with Crippen molar-refractivity contribution in [3.05, 3.63) is 24.3 Å². The second-order valence-corrected chi connectivity index (χ2v) is 5.90. The molecule has 20 heavy (non-hydrogen) atoms. The van der Waals surface area contributed by atoms with Crippen molar-refractivity contribution in [1.29, 1.82) is 0 Å². The van der Waals surface area contributed by atoms with Crippen molar-refractivity contribution in [3.63, 3.8) is 0 Å².